The molecule has 2 aromatic rings. The van der Waals surface area contributed by atoms with Gasteiger partial charge in [-0.05, 0) is 31.2 Å². The second-order valence-electron chi connectivity index (χ2n) is 6.52. The first-order valence-electron chi connectivity index (χ1n) is 8.62. The molecule has 2 aromatic carbocycles. The summed E-state index contributed by atoms with van der Waals surface area (Å²) in [5.41, 5.74) is 1.39. The minimum absolute atomic E-state index is 0.0210. The number of benzene rings is 2. The van der Waals surface area contributed by atoms with Gasteiger partial charge in [-0.1, -0.05) is 17.7 Å². The summed E-state index contributed by atoms with van der Waals surface area (Å²) in [6.45, 7) is 1.42. The van der Waals surface area contributed by atoms with Crippen LogP contribution in [0.2, 0.25) is 0 Å². The van der Waals surface area contributed by atoms with Crippen molar-refractivity contribution in [1.82, 2.24) is 0 Å². The van der Waals surface area contributed by atoms with Gasteiger partial charge in [-0.2, -0.15) is 0 Å². The number of ether oxygens (including phenoxy) is 1. The molecule has 6 nitrogen and oxygen atoms in total. The molecule has 1 saturated heterocycles. The molecule has 146 valence electrons. The fourth-order valence-corrected chi connectivity index (χ4v) is 2.87. The molecule has 0 aliphatic carbocycles. The molecule has 2 amide bonds. The average molecular weight is 388 g/mol. The van der Waals surface area contributed by atoms with E-state index in [1.54, 1.807) is 12.1 Å². The van der Waals surface area contributed by atoms with Crippen molar-refractivity contribution in [2.75, 3.05) is 23.4 Å². The molecule has 0 aromatic heterocycles. The lowest BCUT2D eigenvalue weighted by Crippen LogP contribution is -2.28. The van der Waals surface area contributed by atoms with Gasteiger partial charge in [0.05, 0.1) is 11.6 Å². The number of nitrogens with zero attached hydrogens (tertiary/aromatic N) is 1. The van der Waals surface area contributed by atoms with E-state index in [1.165, 1.54) is 4.90 Å². The molecule has 1 heterocycles. The standard InChI is InChI=1S/C20H18F2N2O4/c1-12-2-5-15(6-3-12)24-10-13(8-19(24)26)20(27)28-11-18(25)23-17-9-14(21)4-7-16(17)22/h2-7,9,13H,8,10-11H2,1H3,(H,23,25)/t13-/m1/s1. The van der Waals surface area contributed by atoms with Crippen molar-refractivity contribution in [1.29, 1.82) is 0 Å². The van der Waals surface area contributed by atoms with Gasteiger partial charge in [0.15, 0.2) is 6.61 Å². The summed E-state index contributed by atoms with van der Waals surface area (Å²) in [5, 5.41) is 2.14. The number of nitrogens with one attached hydrogen (secondary N) is 1. The van der Waals surface area contributed by atoms with E-state index < -0.39 is 36.0 Å². The van der Waals surface area contributed by atoms with Gasteiger partial charge in [-0.15, -0.1) is 0 Å². The summed E-state index contributed by atoms with van der Waals surface area (Å²) >= 11 is 0. The highest BCUT2D eigenvalue weighted by Gasteiger charge is 2.36. The van der Waals surface area contributed by atoms with Gasteiger partial charge < -0.3 is 15.0 Å². The molecule has 1 aliphatic rings. The van der Waals surface area contributed by atoms with Crippen LogP contribution >= 0.6 is 0 Å². The maximum atomic E-state index is 13.5. The number of hydrogen-bond donors (Lipinski definition) is 1. The molecule has 28 heavy (non-hydrogen) atoms. The number of carbonyl (C=O) groups excluding carboxylic acids is 3. The third-order valence-corrected chi connectivity index (χ3v) is 4.35. The van der Waals surface area contributed by atoms with Gasteiger partial charge in [0.2, 0.25) is 5.91 Å². The predicted molar refractivity (Wildman–Crippen MR) is 97.6 cm³/mol. The van der Waals surface area contributed by atoms with Crippen LogP contribution in [-0.4, -0.2) is 30.9 Å². The topological polar surface area (TPSA) is 75.7 Å². The van der Waals surface area contributed by atoms with Crippen LogP contribution in [0.25, 0.3) is 0 Å². The molecule has 1 aliphatic heterocycles. The number of anilines is 2. The van der Waals surface area contributed by atoms with Crippen molar-refractivity contribution in [2.24, 2.45) is 5.92 Å². The van der Waals surface area contributed by atoms with Gasteiger partial charge in [-0.3, -0.25) is 14.4 Å². The van der Waals surface area contributed by atoms with Crippen LogP contribution in [0.1, 0.15) is 12.0 Å². The number of halogens is 2. The number of hydrogen-bond acceptors (Lipinski definition) is 4. The zero-order valence-corrected chi connectivity index (χ0v) is 15.1. The van der Waals surface area contributed by atoms with E-state index in [-0.39, 0.29) is 24.6 Å². The summed E-state index contributed by atoms with van der Waals surface area (Å²) in [6, 6.07) is 9.94. The van der Waals surface area contributed by atoms with Crippen LogP contribution in [0.3, 0.4) is 0 Å². The molecule has 0 bridgehead atoms. The molecular formula is C20H18F2N2O4. The number of amides is 2. The Kier molecular flexibility index (Phi) is 5.67. The minimum atomic E-state index is -0.809. The normalized spacial score (nSPS) is 16.2. The Morgan fingerprint density at radius 3 is 2.61 bits per heavy atom. The van der Waals surface area contributed by atoms with Crippen molar-refractivity contribution in [2.45, 2.75) is 13.3 Å². The van der Waals surface area contributed by atoms with Gasteiger partial charge in [0.25, 0.3) is 5.91 Å². The third-order valence-electron chi connectivity index (χ3n) is 4.35. The van der Waals surface area contributed by atoms with Crippen LogP contribution in [0.5, 0.6) is 0 Å². The highest BCUT2D eigenvalue weighted by Crippen LogP contribution is 2.26. The molecule has 0 unspecified atom stereocenters. The van der Waals surface area contributed by atoms with E-state index in [1.807, 2.05) is 19.1 Å². The summed E-state index contributed by atoms with van der Waals surface area (Å²) in [5.74, 6) is -3.94. The summed E-state index contributed by atoms with van der Waals surface area (Å²) in [4.78, 5) is 37.7. The molecule has 0 saturated carbocycles. The van der Waals surface area contributed by atoms with E-state index in [2.05, 4.69) is 5.32 Å². The smallest absolute Gasteiger partial charge is 0.311 e. The fourth-order valence-electron chi connectivity index (χ4n) is 2.87. The average Bonchev–Trinajstić information content (AvgIpc) is 3.05. The Hall–Kier alpha value is -3.29. The first-order valence-corrected chi connectivity index (χ1v) is 8.62. The predicted octanol–water partition coefficient (Wildman–Crippen LogP) is 2.81. The summed E-state index contributed by atoms with van der Waals surface area (Å²) in [7, 11) is 0. The second-order valence-corrected chi connectivity index (χ2v) is 6.52. The first-order chi connectivity index (χ1) is 13.3. The van der Waals surface area contributed by atoms with Crippen molar-refractivity contribution in [3.63, 3.8) is 0 Å². The molecule has 0 spiro atoms. The Morgan fingerprint density at radius 2 is 1.89 bits per heavy atom. The molecule has 8 heteroatoms. The molecule has 0 radical (unpaired) electrons. The number of rotatable bonds is 5. The van der Waals surface area contributed by atoms with Gasteiger partial charge in [0, 0.05) is 24.7 Å². The van der Waals surface area contributed by atoms with Crippen molar-refractivity contribution in [3.05, 3.63) is 59.7 Å². The van der Waals surface area contributed by atoms with Crippen LogP contribution in [0.15, 0.2) is 42.5 Å². The molecular weight excluding hydrogens is 370 g/mol. The van der Waals surface area contributed by atoms with Gasteiger partial charge in [0.1, 0.15) is 11.6 Å². The molecule has 3 rings (SSSR count). The van der Waals surface area contributed by atoms with Crippen molar-refractivity contribution in [3.8, 4) is 0 Å². The Balaban J connectivity index is 1.53. The zero-order valence-electron chi connectivity index (χ0n) is 15.1. The lowest BCUT2D eigenvalue weighted by atomic mass is 10.1. The highest BCUT2D eigenvalue weighted by atomic mass is 19.1. The van der Waals surface area contributed by atoms with Crippen molar-refractivity contribution < 1.29 is 27.9 Å². The Labute approximate surface area is 160 Å². The fraction of sp³-hybridized carbons (Fsp3) is 0.250. The summed E-state index contributed by atoms with van der Waals surface area (Å²) in [6.07, 6.45) is -0.0210. The maximum absolute atomic E-state index is 13.5. The SMILES string of the molecule is Cc1ccc(N2C[C@H](C(=O)OCC(=O)Nc3cc(F)ccc3F)CC2=O)cc1. The second kappa shape index (κ2) is 8.16. The summed E-state index contributed by atoms with van der Waals surface area (Å²) < 4.78 is 31.6. The molecule has 1 fully saturated rings. The lowest BCUT2D eigenvalue weighted by molar-refractivity contribution is -0.151. The largest absolute Gasteiger partial charge is 0.455 e. The van der Waals surface area contributed by atoms with E-state index in [0.717, 1.165) is 23.8 Å². The quantitative estimate of drug-likeness (QED) is 0.800. The zero-order chi connectivity index (χ0) is 20.3. The first kappa shape index (κ1) is 19.5. The number of carbonyl (C=O) groups is 3. The Morgan fingerprint density at radius 1 is 1.18 bits per heavy atom. The highest BCUT2D eigenvalue weighted by molar-refractivity contribution is 6.00. The Bertz CT molecular complexity index is 915. The number of aryl methyl sites for hydroxylation is 1. The van der Waals surface area contributed by atoms with Crippen molar-refractivity contribution >= 4 is 29.2 Å². The molecule has 1 N–H and O–H groups in total. The number of esters is 1. The van der Waals surface area contributed by atoms with Crippen LogP contribution in [-0.2, 0) is 19.1 Å². The molecule has 1 atom stereocenters. The van der Waals surface area contributed by atoms with Gasteiger partial charge in [-0.25, -0.2) is 8.78 Å². The van der Waals surface area contributed by atoms with Crippen LogP contribution < -0.4 is 10.2 Å². The van der Waals surface area contributed by atoms with Gasteiger partial charge >= 0.3 is 5.97 Å². The third kappa shape index (κ3) is 4.51. The van der Waals surface area contributed by atoms with E-state index in [9.17, 15) is 23.2 Å². The monoisotopic (exact) mass is 388 g/mol. The van der Waals surface area contributed by atoms with E-state index >= 15 is 0 Å². The minimum Gasteiger partial charge on any atom is -0.455 e. The van der Waals surface area contributed by atoms with E-state index in [4.69, 9.17) is 4.74 Å². The van der Waals surface area contributed by atoms with Crippen LogP contribution in [0, 0.1) is 24.5 Å². The lowest BCUT2D eigenvalue weighted by Gasteiger charge is -2.16. The maximum Gasteiger partial charge on any atom is 0.311 e. The van der Waals surface area contributed by atoms with E-state index in [0.29, 0.717) is 5.69 Å². The van der Waals surface area contributed by atoms with Crippen LogP contribution in [0.4, 0.5) is 20.2 Å².